The highest BCUT2D eigenvalue weighted by atomic mass is 35.5. The maximum absolute atomic E-state index is 12.4. The van der Waals surface area contributed by atoms with E-state index in [2.05, 4.69) is 5.32 Å². The Hall–Kier alpha value is -1.75. The van der Waals surface area contributed by atoms with Gasteiger partial charge in [0, 0.05) is 0 Å². The molecule has 1 heterocycles. The molecule has 1 spiro atoms. The highest BCUT2D eigenvalue weighted by molar-refractivity contribution is 6.32. The topological polar surface area (TPSA) is 58.6 Å². The average molecular weight is 309 g/mol. The van der Waals surface area contributed by atoms with Gasteiger partial charge in [0.2, 0.25) is 0 Å². The van der Waals surface area contributed by atoms with Crippen molar-refractivity contribution in [3.05, 3.63) is 29.3 Å². The van der Waals surface area contributed by atoms with E-state index < -0.39 is 5.54 Å². The lowest BCUT2D eigenvalue weighted by Gasteiger charge is -2.20. The molecule has 1 N–H and O–H groups in total. The first kappa shape index (κ1) is 14.2. The van der Waals surface area contributed by atoms with E-state index >= 15 is 0 Å². The minimum atomic E-state index is -0.651. The molecular formula is C15H17ClN2O3. The van der Waals surface area contributed by atoms with Crippen LogP contribution in [0.2, 0.25) is 5.02 Å². The van der Waals surface area contributed by atoms with Gasteiger partial charge in [-0.3, -0.25) is 9.69 Å². The van der Waals surface area contributed by atoms with Gasteiger partial charge >= 0.3 is 6.03 Å². The Labute approximate surface area is 128 Å². The lowest BCUT2D eigenvalue weighted by Crippen LogP contribution is -2.44. The highest BCUT2D eigenvalue weighted by Gasteiger charge is 2.52. The zero-order chi connectivity index (χ0) is 14.9. The van der Waals surface area contributed by atoms with Crippen LogP contribution in [-0.2, 0) is 4.79 Å². The molecule has 6 heteroatoms. The maximum Gasteiger partial charge on any atom is 0.325 e. The van der Waals surface area contributed by atoms with Gasteiger partial charge < -0.3 is 10.1 Å². The molecule has 1 aliphatic carbocycles. The Morgan fingerprint density at radius 1 is 1.24 bits per heavy atom. The Morgan fingerprint density at radius 2 is 1.95 bits per heavy atom. The van der Waals surface area contributed by atoms with Gasteiger partial charge in [0.15, 0.2) is 0 Å². The lowest BCUT2D eigenvalue weighted by molar-refractivity contribution is -0.131. The number of benzene rings is 1. The van der Waals surface area contributed by atoms with Crippen LogP contribution in [0.4, 0.5) is 4.79 Å². The third kappa shape index (κ3) is 2.58. The Kier molecular flexibility index (Phi) is 3.76. The number of imide groups is 1. The molecule has 3 amide bonds. The quantitative estimate of drug-likeness (QED) is 0.870. The normalized spacial score (nSPS) is 20.1. The number of carbonyl (C=O) groups is 2. The summed E-state index contributed by atoms with van der Waals surface area (Å²) < 4.78 is 5.54. The summed E-state index contributed by atoms with van der Waals surface area (Å²) in [7, 11) is 0. The molecule has 21 heavy (non-hydrogen) atoms. The first-order chi connectivity index (χ1) is 10.1. The molecule has 3 rings (SSSR count). The zero-order valence-electron chi connectivity index (χ0n) is 11.6. The van der Waals surface area contributed by atoms with E-state index in [0.717, 1.165) is 25.7 Å². The van der Waals surface area contributed by atoms with Gasteiger partial charge in [-0.1, -0.05) is 36.6 Å². The van der Waals surface area contributed by atoms with Crippen molar-refractivity contribution < 1.29 is 14.3 Å². The second-order valence-electron chi connectivity index (χ2n) is 5.46. The van der Waals surface area contributed by atoms with Crippen LogP contribution in [0.3, 0.4) is 0 Å². The number of nitrogens with zero attached hydrogens (tertiary/aromatic N) is 1. The number of ether oxygens (including phenoxy) is 1. The molecule has 2 fully saturated rings. The van der Waals surface area contributed by atoms with Crippen LogP contribution in [0.15, 0.2) is 24.3 Å². The van der Waals surface area contributed by atoms with E-state index in [9.17, 15) is 9.59 Å². The lowest BCUT2D eigenvalue weighted by atomic mass is 9.98. The highest BCUT2D eigenvalue weighted by Crippen LogP contribution is 2.34. The van der Waals surface area contributed by atoms with Crippen LogP contribution in [0.1, 0.15) is 25.7 Å². The van der Waals surface area contributed by atoms with Crippen LogP contribution < -0.4 is 10.1 Å². The third-order valence-corrected chi connectivity index (χ3v) is 4.42. The molecule has 1 aromatic carbocycles. The summed E-state index contributed by atoms with van der Waals surface area (Å²) in [5, 5.41) is 3.36. The van der Waals surface area contributed by atoms with Crippen LogP contribution in [0.5, 0.6) is 5.75 Å². The summed E-state index contributed by atoms with van der Waals surface area (Å²) in [6.45, 7) is 0.469. The maximum atomic E-state index is 12.4. The van der Waals surface area contributed by atoms with Crippen LogP contribution in [0.25, 0.3) is 0 Å². The fourth-order valence-corrected chi connectivity index (χ4v) is 3.20. The van der Waals surface area contributed by atoms with Gasteiger partial charge in [-0.05, 0) is 25.0 Å². The molecule has 1 saturated heterocycles. The van der Waals surface area contributed by atoms with E-state index in [4.69, 9.17) is 16.3 Å². The fourth-order valence-electron chi connectivity index (χ4n) is 3.01. The predicted octanol–water partition coefficient (Wildman–Crippen LogP) is 2.58. The Balaban J connectivity index is 1.59. The molecule has 0 atom stereocenters. The van der Waals surface area contributed by atoms with Crippen LogP contribution >= 0.6 is 11.6 Å². The molecule has 0 bridgehead atoms. The summed E-state index contributed by atoms with van der Waals surface area (Å²) in [6.07, 6.45) is 3.44. The molecule has 0 unspecified atom stereocenters. The Morgan fingerprint density at radius 3 is 2.67 bits per heavy atom. The molecule has 1 aromatic rings. The molecule has 112 valence electrons. The molecular weight excluding hydrogens is 292 g/mol. The largest absolute Gasteiger partial charge is 0.490 e. The summed E-state index contributed by atoms with van der Waals surface area (Å²) in [4.78, 5) is 25.6. The minimum absolute atomic E-state index is 0.118. The number of nitrogens with one attached hydrogen (secondary N) is 1. The number of carbonyl (C=O) groups excluding carboxylic acids is 2. The number of urea groups is 1. The predicted molar refractivity (Wildman–Crippen MR) is 78.4 cm³/mol. The van der Waals surface area contributed by atoms with E-state index in [1.54, 1.807) is 12.1 Å². The van der Waals surface area contributed by atoms with E-state index in [0.29, 0.717) is 10.8 Å². The van der Waals surface area contributed by atoms with Gasteiger partial charge in [0.1, 0.15) is 17.9 Å². The van der Waals surface area contributed by atoms with Crippen molar-refractivity contribution in [2.24, 2.45) is 0 Å². The number of hydrogen-bond donors (Lipinski definition) is 1. The molecule has 1 aliphatic heterocycles. The molecule has 0 radical (unpaired) electrons. The first-order valence-electron chi connectivity index (χ1n) is 7.14. The van der Waals surface area contributed by atoms with Crippen molar-refractivity contribution in [2.75, 3.05) is 13.2 Å². The standard InChI is InChI=1S/C15H17ClN2O3/c16-11-5-1-2-6-12(11)21-10-9-18-13(19)15(17-14(18)20)7-3-4-8-15/h1-2,5-6H,3-4,7-10H2,(H,17,20). The van der Waals surface area contributed by atoms with Crippen LogP contribution in [-0.4, -0.2) is 35.5 Å². The monoisotopic (exact) mass is 308 g/mol. The summed E-state index contributed by atoms with van der Waals surface area (Å²) in [6, 6.07) is 6.81. The van der Waals surface area contributed by atoms with E-state index in [1.165, 1.54) is 4.90 Å². The number of amides is 3. The number of halogens is 1. The number of para-hydroxylation sites is 1. The van der Waals surface area contributed by atoms with Crippen molar-refractivity contribution in [2.45, 2.75) is 31.2 Å². The number of hydrogen-bond acceptors (Lipinski definition) is 3. The van der Waals surface area contributed by atoms with Crippen molar-refractivity contribution in [1.29, 1.82) is 0 Å². The van der Waals surface area contributed by atoms with Gasteiger partial charge in [0.05, 0.1) is 11.6 Å². The smallest absolute Gasteiger partial charge is 0.325 e. The minimum Gasteiger partial charge on any atom is -0.490 e. The fraction of sp³-hybridized carbons (Fsp3) is 0.467. The van der Waals surface area contributed by atoms with Gasteiger partial charge in [-0.15, -0.1) is 0 Å². The van der Waals surface area contributed by atoms with E-state index in [-0.39, 0.29) is 25.1 Å². The summed E-state index contributed by atoms with van der Waals surface area (Å²) >= 11 is 5.99. The van der Waals surface area contributed by atoms with Gasteiger partial charge in [0.25, 0.3) is 5.91 Å². The third-order valence-electron chi connectivity index (χ3n) is 4.11. The Bertz CT molecular complexity index is 570. The summed E-state index contributed by atoms with van der Waals surface area (Å²) in [5.41, 5.74) is -0.651. The zero-order valence-corrected chi connectivity index (χ0v) is 12.4. The molecule has 5 nitrogen and oxygen atoms in total. The second kappa shape index (κ2) is 5.56. The van der Waals surface area contributed by atoms with Crippen molar-refractivity contribution in [3.8, 4) is 5.75 Å². The van der Waals surface area contributed by atoms with Crippen LogP contribution in [0, 0.1) is 0 Å². The SMILES string of the molecule is O=C1NC2(CCCC2)C(=O)N1CCOc1ccccc1Cl. The van der Waals surface area contributed by atoms with E-state index in [1.807, 2.05) is 12.1 Å². The average Bonchev–Trinajstić information content (AvgIpc) is 3.02. The van der Waals surface area contributed by atoms with Crippen molar-refractivity contribution >= 4 is 23.5 Å². The molecule has 2 aliphatic rings. The van der Waals surface area contributed by atoms with Crippen molar-refractivity contribution in [1.82, 2.24) is 10.2 Å². The second-order valence-corrected chi connectivity index (χ2v) is 5.86. The van der Waals surface area contributed by atoms with Crippen molar-refractivity contribution in [3.63, 3.8) is 0 Å². The van der Waals surface area contributed by atoms with Gasteiger partial charge in [-0.25, -0.2) is 4.79 Å². The van der Waals surface area contributed by atoms with Gasteiger partial charge in [-0.2, -0.15) is 0 Å². The number of rotatable bonds is 4. The first-order valence-corrected chi connectivity index (χ1v) is 7.52. The summed E-state index contributed by atoms with van der Waals surface area (Å²) in [5.74, 6) is 0.439. The molecule has 0 aromatic heterocycles. The molecule has 1 saturated carbocycles.